The van der Waals surface area contributed by atoms with E-state index in [1.807, 2.05) is 24.3 Å². The smallest absolute Gasteiger partial charge is 0.254 e. The molecule has 3 aromatic rings. The molecule has 0 atom stereocenters. The largest absolute Gasteiger partial charge is 0.380 e. The van der Waals surface area contributed by atoms with Crippen LogP contribution in [0.3, 0.4) is 0 Å². The van der Waals surface area contributed by atoms with Gasteiger partial charge in [-0.3, -0.25) is 9.59 Å². The summed E-state index contributed by atoms with van der Waals surface area (Å²) in [7, 11) is 0. The van der Waals surface area contributed by atoms with Crippen molar-refractivity contribution in [2.75, 3.05) is 26.2 Å². The molecular weight excluding hydrogens is 372 g/mol. The van der Waals surface area contributed by atoms with Crippen molar-refractivity contribution in [2.24, 2.45) is 0 Å². The number of nitrogens with zero attached hydrogens (tertiary/aromatic N) is 6. The molecule has 2 fully saturated rings. The number of aromatic nitrogens is 4. The minimum Gasteiger partial charge on any atom is -0.380 e. The van der Waals surface area contributed by atoms with Crippen LogP contribution < -0.4 is 0 Å². The number of amides is 2. The van der Waals surface area contributed by atoms with Crippen LogP contribution in [-0.2, 0) is 4.79 Å². The maximum absolute atomic E-state index is 12.8. The Bertz CT molecular complexity index is 1080. The van der Waals surface area contributed by atoms with Crippen LogP contribution in [0.2, 0.25) is 0 Å². The minimum atomic E-state index is -1.15. The molecular formula is C20H20N6O3. The average Bonchev–Trinajstić information content (AvgIpc) is 3.34. The molecule has 0 spiro atoms. The maximum atomic E-state index is 12.8. The lowest BCUT2D eigenvalue weighted by molar-refractivity contribution is -0.143. The van der Waals surface area contributed by atoms with Crippen LogP contribution >= 0.6 is 0 Å². The third kappa shape index (κ3) is 3.23. The zero-order valence-corrected chi connectivity index (χ0v) is 15.7. The topological polar surface area (TPSA) is 104 Å². The van der Waals surface area contributed by atoms with Crippen LogP contribution in [0.15, 0.2) is 42.7 Å². The number of carbonyl (C=O) groups excluding carboxylic acids is 2. The van der Waals surface area contributed by atoms with Gasteiger partial charge in [0.25, 0.3) is 11.8 Å². The normalized spacial score (nSPS) is 18.1. The second-order valence-electron chi connectivity index (χ2n) is 7.55. The zero-order valence-electron chi connectivity index (χ0n) is 15.7. The highest BCUT2D eigenvalue weighted by Crippen LogP contribution is 2.37. The van der Waals surface area contributed by atoms with Gasteiger partial charge in [-0.2, -0.15) is 9.61 Å². The lowest BCUT2D eigenvalue weighted by Gasteiger charge is -2.35. The fourth-order valence-corrected chi connectivity index (χ4v) is 3.59. The molecule has 148 valence electrons. The number of fused-ring (bicyclic) bond motifs is 1. The van der Waals surface area contributed by atoms with Crippen molar-refractivity contribution in [3.63, 3.8) is 0 Å². The first-order chi connectivity index (χ1) is 14.0. The van der Waals surface area contributed by atoms with Gasteiger partial charge in [0.1, 0.15) is 11.9 Å². The Morgan fingerprint density at radius 3 is 2.31 bits per heavy atom. The molecule has 3 heterocycles. The monoisotopic (exact) mass is 392 g/mol. The minimum absolute atomic E-state index is 0.0593. The van der Waals surface area contributed by atoms with Crippen molar-refractivity contribution >= 4 is 17.5 Å². The summed E-state index contributed by atoms with van der Waals surface area (Å²) in [6.45, 7) is 1.84. The molecule has 1 saturated heterocycles. The highest BCUT2D eigenvalue weighted by Gasteiger charge is 2.50. The average molecular weight is 392 g/mol. The Kier molecular flexibility index (Phi) is 4.06. The molecule has 1 aromatic carbocycles. The van der Waals surface area contributed by atoms with E-state index in [0.29, 0.717) is 50.2 Å². The molecule has 0 bridgehead atoms. The summed E-state index contributed by atoms with van der Waals surface area (Å²) in [6, 6.07) is 11.0. The summed E-state index contributed by atoms with van der Waals surface area (Å²) >= 11 is 0. The molecule has 2 aliphatic rings. The van der Waals surface area contributed by atoms with Crippen LogP contribution in [0.25, 0.3) is 16.9 Å². The van der Waals surface area contributed by atoms with E-state index in [4.69, 9.17) is 0 Å². The van der Waals surface area contributed by atoms with E-state index in [9.17, 15) is 14.7 Å². The van der Waals surface area contributed by atoms with Crippen molar-refractivity contribution in [3.05, 3.63) is 48.3 Å². The van der Waals surface area contributed by atoms with Crippen LogP contribution in [0.5, 0.6) is 0 Å². The van der Waals surface area contributed by atoms with Crippen molar-refractivity contribution in [1.29, 1.82) is 0 Å². The first-order valence-electron chi connectivity index (χ1n) is 9.62. The van der Waals surface area contributed by atoms with Gasteiger partial charge < -0.3 is 14.9 Å². The number of carbonyl (C=O) groups is 2. The molecule has 0 unspecified atom stereocenters. The molecule has 2 aromatic heterocycles. The molecule has 9 heteroatoms. The number of benzene rings is 1. The lowest BCUT2D eigenvalue weighted by atomic mass is 10.1. The predicted octanol–water partition coefficient (Wildman–Crippen LogP) is 0.601. The Morgan fingerprint density at radius 1 is 0.931 bits per heavy atom. The van der Waals surface area contributed by atoms with E-state index >= 15 is 0 Å². The van der Waals surface area contributed by atoms with E-state index < -0.39 is 5.60 Å². The van der Waals surface area contributed by atoms with Gasteiger partial charge in [-0.25, -0.2) is 0 Å². The summed E-state index contributed by atoms with van der Waals surface area (Å²) in [6.07, 6.45) is 2.62. The van der Waals surface area contributed by atoms with E-state index in [0.717, 1.165) is 11.3 Å². The summed E-state index contributed by atoms with van der Waals surface area (Å²) in [5, 5.41) is 22.2. The SMILES string of the molecule is O=C(c1ccc(-c2ccc3nncn3n2)cc1)N1CCN(C(=O)C2(O)CC2)CC1. The predicted molar refractivity (Wildman–Crippen MR) is 103 cm³/mol. The van der Waals surface area contributed by atoms with Crippen molar-refractivity contribution in [2.45, 2.75) is 18.4 Å². The molecule has 5 rings (SSSR count). The fourth-order valence-electron chi connectivity index (χ4n) is 3.59. The number of piperazine rings is 1. The van der Waals surface area contributed by atoms with Crippen LogP contribution in [0.1, 0.15) is 23.2 Å². The van der Waals surface area contributed by atoms with Gasteiger partial charge >= 0.3 is 0 Å². The highest BCUT2D eigenvalue weighted by atomic mass is 16.3. The molecule has 2 amide bonds. The second kappa shape index (κ2) is 6.63. The molecule has 1 aliphatic heterocycles. The van der Waals surface area contributed by atoms with Crippen molar-refractivity contribution in [3.8, 4) is 11.3 Å². The first-order valence-corrected chi connectivity index (χ1v) is 9.62. The number of hydrogen-bond donors (Lipinski definition) is 1. The number of rotatable bonds is 3. The molecule has 1 saturated carbocycles. The summed E-state index contributed by atoms with van der Waals surface area (Å²) in [5.41, 5.74) is 1.78. The van der Waals surface area contributed by atoms with Gasteiger partial charge in [-0.15, -0.1) is 10.2 Å². The Labute approximate surface area is 166 Å². The van der Waals surface area contributed by atoms with E-state index in [1.54, 1.807) is 32.8 Å². The van der Waals surface area contributed by atoms with E-state index in [2.05, 4.69) is 15.3 Å². The Balaban J connectivity index is 1.25. The number of aliphatic hydroxyl groups is 1. The third-order valence-electron chi connectivity index (χ3n) is 5.57. The van der Waals surface area contributed by atoms with Crippen molar-refractivity contribution in [1.82, 2.24) is 29.6 Å². The maximum Gasteiger partial charge on any atom is 0.254 e. The summed E-state index contributed by atoms with van der Waals surface area (Å²) < 4.78 is 1.60. The quantitative estimate of drug-likeness (QED) is 0.700. The zero-order chi connectivity index (χ0) is 20.0. The number of hydrogen-bond acceptors (Lipinski definition) is 6. The van der Waals surface area contributed by atoms with Crippen LogP contribution in [0.4, 0.5) is 0 Å². The van der Waals surface area contributed by atoms with Gasteiger partial charge in [-0.1, -0.05) is 12.1 Å². The fraction of sp³-hybridized carbons (Fsp3) is 0.350. The lowest BCUT2D eigenvalue weighted by Crippen LogP contribution is -2.53. The molecule has 9 nitrogen and oxygen atoms in total. The molecule has 1 aliphatic carbocycles. The van der Waals surface area contributed by atoms with Gasteiger partial charge in [-0.05, 0) is 37.1 Å². The Hall–Kier alpha value is -3.33. The first kappa shape index (κ1) is 17.7. The summed E-state index contributed by atoms with van der Waals surface area (Å²) in [4.78, 5) is 28.4. The highest BCUT2D eigenvalue weighted by molar-refractivity contribution is 5.95. The van der Waals surface area contributed by atoms with Gasteiger partial charge in [0.15, 0.2) is 5.65 Å². The second-order valence-corrected chi connectivity index (χ2v) is 7.55. The Morgan fingerprint density at radius 2 is 1.62 bits per heavy atom. The van der Waals surface area contributed by atoms with Crippen molar-refractivity contribution < 1.29 is 14.7 Å². The molecule has 29 heavy (non-hydrogen) atoms. The van der Waals surface area contributed by atoms with Gasteiger partial charge in [0.2, 0.25) is 0 Å². The third-order valence-corrected chi connectivity index (χ3v) is 5.57. The molecule has 1 N–H and O–H groups in total. The van der Waals surface area contributed by atoms with Crippen LogP contribution in [0, 0.1) is 0 Å². The molecule has 0 radical (unpaired) electrons. The van der Waals surface area contributed by atoms with E-state index in [-0.39, 0.29) is 11.8 Å². The summed E-state index contributed by atoms with van der Waals surface area (Å²) in [5.74, 6) is -0.262. The van der Waals surface area contributed by atoms with E-state index in [1.165, 1.54) is 0 Å². The van der Waals surface area contributed by atoms with Gasteiger partial charge in [0, 0.05) is 37.3 Å². The van der Waals surface area contributed by atoms with Crippen LogP contribution in [-0.4, -0.2) is 78.3 Å². The van der Waals surface area contributed by atoms with Gasteiger partial charge in [0.05, 0.1) is 5.69 Å². The standard InChI is InChI=1S/C20H20N6O3/c27-18(24-9-11-25(12-10-24)19(28)20(29)7-8-20)15-3-1-14(2-4-15)16-5-6-17-22-21-13-26(17)23-16/h1-6,13,29H,7-12H2.